The van der Waals surface area contributed by atoms with Crippen LogP contribution in [0.5, 0.6) is 0 Å². The molecule has 0 spiro atoms. The summed E-state index contributed by atoms with van der Waals surface area (Å²) in [5, 5.41) is 10.8. The predicted molar refractivity (Wildman–Crippen MR) is 77.4 cm³/mol. The zero-order valence-electron chi connectivity index (χ0n) is 10.4. The van der Waals surface area contributed by atoms with Crippen LogP contribution in [0.4, 0.5) is 5.69 Å². The lowest BCUT2D eigenvalue weighted by molar-refractivity contribution is -0.385. The van der Waals surface area contributed by atoms with Crippen LogP contribution in [0.2, 0.25) is 0 Å². The Bertz CT molecular complexity index is 769. The molecule has 0 radical (unpaired) electrons. The Morgan fingerprint density at radius 1 is 1.10 bits per heavy atom. The number of non-ortho nitro benzene ring substituents is 1. The fraction of sp³-hybridized carbons (Fsp3) is 0.0769. The molecule has 0 amide bonds. The minimum absolute atomic E-state index is 0.0472. The first-order valence-electron chi connectivity index (χ1n) is 5.58. The number of rotatable bonds is 3. The third kappa shape index (κ3) is 2.73. The molecule has 0 saturated heterocycles. The monoisotopic (exact) mass is 355 g/mol. The van der Waals surface area contributed by atoms with Gasteiger partial charge in [-0.25, -0.2) is 8.42 Å². The van der Waals surface area contributed by atoms with E-state index in [9.17, 15) is 18.5 Å². The highest BCUT2D eigenvalue weighted by Crippen LogP contribution is 2.28. The lowest BCUT2D eigenvalue weighted by Crippen LogP contribution is -2.05. The van der Waals surface area contributed by atoms with Crippen molar-refractivity contribution in [3.8, 4) is 0 Å². The van der Waals surface area contributed by atoms with E-state index in [2.05, 4.69) is 15.9 Å². The smallest absolute Gasteiger partial charge is 0.258 e. The molecule has 0 aliphatic heterocycles. The quantitative estimate of drug-likeness (QED) is 0.623. The number of halogens is 1. The Morgan fingerprint density at radius 3 is 2.25 bits per heavy atom. The largest absolute Gasteiger partial charge is 0.270 e. The minimum Gasteiger partial charge on any atom is -0.258 e. The average Bonchev–Trinajstić information content (AvgIpc) is 2.39. The van der Waals surface area contributed by atoms with Crippen LogP contribution in [0, 0.1) is 17.0 Å². The van der Waals surface area contributed by atoms with Crippen LogP contribution in [0.15, 0.2) is 56.7 Å². The summed E-state index contributed by atoms with van der Waals surface area (Å²) in [4.78, 5) is 10.2. The molecule has 0 fully saturated rings. The molecule has 104 valence electrons. The van der Waals surface area contributed by atoms with Gasteiger partial charge < -0.3 is 0 Å². The summed E-state index contributed by atoms with van der Waals surface area (Å²) in [6, 6.07) is 9.95. The van der Waals surface area contributed by atoms with E-state index >= 15 is 0 Å². The first-order valence-corrected chi connectivity index (χ1v) is 7.85. The van der Waals surface area contributed by atoms with Crippen molar-refractivity contribution in [2.75, 3.05) is 0 Å². The highest BCUT2D eigenvalue weighted by molar-refractivity contribution is 9.10. The SMILES string of the molecule is Cc1ccc([N+](=O)[O-])cc1S(=O)(=O)c1ccc(Br)cc1. The molecule has 0 aliphatic carbocycles. The molecule has 0 bridgehead atoms. The summed E-state index contributed by atoms with van der Waals surface area (Å²) in [5.74, 6) is 0. The molecule has 2 rings (SSSR count). The normalized spacial score (nSPS) is 11.3. The number of aryl methyl sites for hydroxylation is 1. The standard InChI is InChI=1S/C13H10BrNO4S/c1-9-2-5-11(15(16)17)8-13(9)20(18,19)12-6-3-10(14)4-7-12/h2-8H,1H3. The zero-order chi connectivity index (χ0) is 14.9. The molecule has 7 heteroatoms. The molecule has 5 nitrogen and oxygen atoms in total. The molecule has 0 aliphatic rings. The molecule has 2 aromatic carbocycles. The highest BCUT2D eigenvalue weighted by atomic mass is 79.9. The number of hydrogen-bond acceptors (Lipinski definition) is 4. The van der Waals surface area contributed by atoms with Gasteiger partial charge in [0.2, 0.25) is 9.84 Å². The van der Waals surface area contributed by atoms with Crippen molar-refractivity contribution in [1.29, 1.82) is 0 Å². The summed E-state index contributed by atoms with van der Waals surface area (Å²) in [5.41, 5.74) is 0.227. The molecule has 20 heavy (non-hydrogen) atoms. The van der Waals surface area contributed by atoms with Gasteiger partial charge in [0.15, 0.2) is 0 Å². The molecule has 0 heterocycles. The van der Waals surface area contributed by atoms with E-state index in [1.807, 2.05) is 0 Å². The second kappa shape index (κ2) is 5.34. The van der Waals surface area contributed by atoms with Crippen LogP contribution in [0.25, 0.3) is 0 Å². The van der Waals surface area contributed by atoms with Gasteiger partial charge in [0.1, 0.15) is 0 Å². The second-order valence-electron chi connectivity index (χ2n) is 4.16. The Balaban J connectivity index is 2.62. The maximum atomic E-state index is 12.5. The first-order chi connectivity index (χ1) is 9.32. The Labute approximate surface area is 124 Å². The Morgan fingerprint density at radius 2 is 1.70 bits per heavy atom. The van der Waals surface area contributed by atoms with Gasteiger partial charge in [0.25, 0.3) is 5.69 Å². The number of nitro benzene ring substituents is 1. The van der Waals surface area contributed by atoms with E-state index in [0.717, 1.165) is 10.5 Å². The summed E-state index contributed by atoms with van der Waals surface area (Å²) in [6.45, 7) is 1.61. The topological polar surface area (TPSA) is 77.3 Å². The van der Waals surface area contributed by atoms with Crippen LogP contribution >= 0.6 is 15.9 Å². The Kier molecular flexibility index (Phi) is 3.92. The highest BCUT2D eigenvalue weighted by Gasteiger charge is 2.22. The van der Waals surface area contributed by atoms with Gasteiger partial charge in [-0.3, -0.25) is 10.1 Å². The van der Waals surface area contributed by atoms with E-state index in [1.165, 1.54) is 24.3 Å². The lowest BCUT2D eigenvalue weighted by atomic mass is 10.2. The summed E-state index contributed by atoms with van der Waals surface area (Å²) >= 11 is 3.23. The van der Waals surface area contributed by atoms with Gasteiger partial charge in [-0.15, -0.1) is 0 Å². The number of hydrogen-bond donors (Lipinski definition) is 0. The van der Waals surface area contributed by atoms with E-state index < -0.39 is 14.8 Å². The van der Waals surface area contributed by atoms with Crippen LogP contribution < -0.4 is 0 Å². The number of nitrogens with zero attached hydrogens (tertiary/aromatic N) is 1. The zero-order valence-corrected chi connectivity index (χ0v) is 12.8. The summed E-state index contributed by atoms with van der Waals surface area (Å²) in [7, 11) is -3.77. The number of benzene rings is 2. The van der Waals surface area contributed by atoms with E-state index in [4.69, 9.17) is 0 Å². The molecule has 0 aromatic heterocycles. The predicted octanol–water partition coefficient (Wildman–Crippen LogP) is 3.50. The van der Waals surface area contributed by atoms with Crippen molar-refractivity contribution in [3.63, 3.8) is 0 Å². The van der Waals surface area contributed by atoms with E-state index in [1.54, 1.807) is 19.1 Å². The number of nitro groups is 1. The third-order valence-electron chi connectivity index (χ3n) is 2.80. The summed E-state index contributed by atoms with van der Waals surface area (Å²) < 4.78 is 25.8. The van der Waals surface area contributed by atoms with Crippen molar-refractivity contribution in [2.45, 2.75) is 16.7 Å². The lowest BCUT2D eigenvalue weighted by Gasteiger charge is -2.07. The van der Waals surface area contributed by atoms with Crippen molar-refractivity contribution in [1.82, 2.24) is 0 Å². The van der Waals surface area contributed by atoms with Crippen LogP contribution in [0.1, 0.15) is 5.56 Å². The van der Waals surface area contributed by atoms with Crippen molar-refractivity contribution in [2.24, 2.45) is 0 Å². The van der Waals surface area contributed by atoms with Crippen LogP contribution in [-0.4, -0.2) is 13.3 Å². The van der Waals surface area contributed by atoms with Crippen molar-refractivity contribution < 1.29 is 13.3 Å². The van der Waals surface area contributed by atoms with Gasteiger partial charge in [-0.1, -0.05) is 22.0 Å². The van der Waals surface area contributed by atoms with Gasteiger partial charge in [0.05, 0.1) is 14.7 Å². The average molecular weight is 356 g/mol. The van der Waals surface area contributed by atoms with Crippen molar-refractivity contribution in [3.05, 3.63) is 62.6 Å². The molecule has 0 saturated carbocycles. The molecular formula is C13H10BrNO4S. The van der Waals surface area contributed by atoms with Crippen LogP contribution in [0.3, 0.4) is 0 Å². The van der Waals surface area contributed by atoms with Gasteiger partial charge in [-0.2, -0.15) is 0 Å². The molecule has 0 N–H and O–H groups in total. The second-order valence-corrected chi connectivity index (χ2v) is 7.00. The molecule has 0 atom stereocenters. The maximum absolute atomic E-state index is 12.5. The van der Waals surface area contributed by atoms with Crippen LogP contribution in [-0.2, 0) is 9.84 Å². The fourth-order valence-electron chi connectivity index (χ4n) is 1.73. The van der Waals surface area contributed by atoms with Gasteiger partial charge in [0, 0.05) is 16.6 Å². The molecule has 0 unspecified atom stereocenters. The van der Waals surface area contributed by atoms with Gasteiger partial charge in [-0.05, 0) is 36.8 Å². The minimum atomic E-state index is -3.77. The van der Waals surface area contributed by atoms with E-state index in [-0.39, 0.29) is 15.5 Å². The molecular weight excluding hydrogens is 346 g/mol. The number of sulfone groups is 1. The Hall–Kier alpha value is -1.73. The fourth-order valence-corrected chi connectivity index (χ4v) is 3.51. The van der Waals surface area contributed by atoms with Gasteiger partial charge >= 0.3 is 0 Å². The maximum Gasteiger partial charge on any atom is 0.270 e. The summed E-state index contributed by atoms with van der Waals surface area (Å²) in [6.07, 6.45) is 0. The van der Waals surface area contributed by atoms with E-state index in [0.29, 0.717) is 5.56 Å². The first kappa shape index (κ1) is 14.7. The third-order valence-corrected chi connectivity index (χ3v) is 5.24. The van der Waals surface area contributed by atoms with Crippen molar-refractivity contribution >= 4 is 31.5 Å². The molecule has 2 aromatic rings.